The quantitative estimate of drug-likeness (QED) is 0.808. The standard InChI is InChI=1S/C20H25F3N6O/c1-3-13-8-17(20(21,22)23)29-18(26-13)9-14(27-29)16-6-4-5-7-28(16)19(30)15-11-24-12(2)10-25-15/h9-11,13,16-17,26H,3-8H2,1-2H3/t13-,16+,17-/m1/s1. The molecule has 1 amide bonds. The van der Waals surface area contributed by atoms with Crippen molar-refractivity contribution in [1.82, 2.24) is 24.6 Å². The van der Waals surface area contributed by atoms with E-state index in [4.69, 9.17) is 0 Å². The largest absolute Gasteiger partial charge is 0.410 e. The molecule has 1 N–H and O–H groups in total. The number of aryl methyl sites for hydroxylation is 1. The Balaban J connectivity index is 1.66. The predicted molar refractivity (Wildman–Crippen MR) is 104 cm³/mol. The third-order valence-electron chi connectivity index (χ3n) is 5.89. The van der Waals surface area contributed by atoms with Crippen molar-refractivity contribution >= 4 is 11.7 Å². The van der Waals surface area contributed by atoms with Gasteiger partial charge in [-0.25, -0.2) is 9.67 Å². The minimum atomic E-state index is -4.38. The molecule has 2 aliphatic heterocycles. The van der Waals surface area contributed by atoms with Crippen molar-refractivity contribution in [2.75, 3.05) is 11.9 Å². The van der Waals surface area contributed by atoms with Gasteiger partial charge in [-0.15, -0.1) is 0 Å². The summed E-state index contributed by atoms with van der Waals surface area (Å²) in [6, 6.07) is -0.649. The second-order valence-corrected chi connectivity index (χ2v) is 7.99. The van der Waals surface area contributed by atoms with E-state index in [0.717, 1.165) is 17.5 Å². The number of amides is 1. The van der Waals surface area contributed by atoms with E-state index >= 15 is 0 Å². The first-order valence-electron chi connectivity index (χ1n) is 10.3. The van der Waals surface area contributed by atoms with Gasteiger partial charge < -0.3 is 10.2 Å². The molecule has 2 aromatic heterocycles. The molecule has 1 fully saturated rings. The Morgan fingerprint density at radius 1 is 1.27 bits per heavy atom. The third kappa shape index (κ3) is 3.87. The summed E-state index contributed by atoms with van der Waals surface area (Å²) in [6.45, 7) is 4.16. The molecule has 3 atom stereocenters. The number of fused-ring (bicyclic) bond motifs is 1. The summed E-state index contributed by atoms with van der Waals surface area (Å²) in [4.78, 5) is 23.0. The van der Waals surface area contributed by atoms with E-state index in [-0.39, 0.29) is 30.1 Å². The number of nitrogens with one attached hydrogen (secondary N) is 1. The van der Waals surface area contributed by atoms with Crippen molar-refractivity contribution in [1.29, 1.82) is 0 Å². The van der Waals surface area contributed by atoms with Gasteiger partial charge in [-0.3, -0.25) is 9.78 Å². The first-order chi connectivity index (χ1) is 14.3. The Kier molecular flexibility index (Phi) is 5.42. The minimum Gasteiger partial charge on any atom is -0.367 e. The van der Waals surface area contributed by atoms with Gasteiger partial charge in [0, 0.05) is 24.8 Å². The number of rotatable bonds is 3. The zero-order valence-corrected chi connectivity index (χ0v) is 17.0. The van der Waals surface area contributed by atoms with Crippen LogP contribution in [-0.2, 0) is 0 Å². The van der Waals surface area contributed by atoms with E-state index in [9.17, 15) is 18.0 Å². The van der Waals surface area contributed by atoms with Gasteiger partial charge in [0.2, 0.25) is 0 Å². The van der Waals surface area contributed by atoms with Crippen molar-refractivity contribution in [3.63, 3.8) is 0 Å². The molecule has 4 rings (SSSR count). The van der Waals surface area contributed by atoms with Crippen LogP contribution in [0.4, 0.5) is 19.0 Å². The average molecular weight is 422 g/mol. The van der Waals surface area contributed by atoms with Gasteiger partial charge in [-0.2, -0.15) is 18.3 Å². The fraction of sp³-hybridized carbons (Fsp3) is 0.600. The van der Waals surface area contributed by atoms with Crippen LogP contribution < -0.4 is 5.32 Å². The van der Waals surface area contributed by atoms with Crippen molar-refractivity contribution < 1.29 is 18.0 Å². The van der Waals surface area contributed by atoms with E-state index in [1.807, 2.05) is 6.92 Å². The molecule has 0 radical (unpaired) electrons. The summed E-state index contributed by atoms with van der Waals surface area (Å²) in [5.41, 5.74) is 1.42. The summed E-state index contributed by atoms with van der Waals surface area (Å²) in [5.74, 6) is 0.0865. The molecule has 0 spiro atoms. The molecule has 2 aliphatic rings. The Morgan fingerprint density at radius 2 is 2.07 bits per heavy atom. The normalized spacial score (nSPS) is 24.3. The lowest BCUT2D eigenvalue weighted by Gasteiger charge is -2.34. The summed E-state index contributed by atoms with van der Waals surface area (Å²) in [6.07, 6.45) is 1.48. The summed E-state index contributed by atoms with van der Waals surface area (Å²) in [5, 5.41) is 7.50. The Morgan fingerprint density at radius 3 is 2.73 bits per heavy atom. The first kappa shape index (κ1) is 20.6. The van der Waals surface area contributed by atoms with Crippen LogP contribution >= 0.6 is 0 Å². The molecule has 1 saturated heterocycles. The second-order valence-electron chi connectivity index (χ2n) is 7.99. The van der Waals surface area contributed by atoms with E-state index < -0.39 is 12.2 Å². The number of halogens is 3. The number of likely N-dealkylation sites (tertiary alicyclic amines) is 1. The van der Waals surface area contributed by atoms with Crippen LogP contribution in [0.5, 0.6) is 0 Å². The van der Waals surface area contributed by atoms with E-state index in [2.05, 4.69) is 20.4 Å². The first-order valence-corrected chi connectivity index (χ1v) is 10.3. The predicted octanol–water partition coefficient (Wildman–Crippen LogP) is 4.05. The molecule has 0 aromatic carbocycles. The number of alkyl halides is 3. The number of aromatic nitrogens is 4. The summed E-state index contributed by atoms with van der Waals surface area (Å²) in [7, 11) is 0. The van der Waals surface area contributed by atoms with Crippen molar-refractivity contribution in [2.24, 2.45) is 0 Å². The van der Waals surface area contributed by atoms with E-state index in [0.29, 0.717) is 36.6 Å². The molecule has 7 nitrogen and oxygen atoms in total. The number of anilines is 1. The van der Waals surface area contributed by atoms with Crippen LogP contribution in [0.1, 0.15) is 73.0 Å². The highest BCUT2D eigenvalue weighted by Crippen LogP contribution is 2.42. The van der Waals surface area contributed by atoms with Crippen molar-refractivity contribution in [2.45, 2.75) is 70.3 Å². The number of nitrogens with zero attached hydrogens (tertiary/aromatic N) is 5. The molecule has 30 heavy (non-hydrogen) atoms. The minimum absolute atomic E-state index is 0.0552. The Hall–Kier alpha value is -2.65. The van der Waals surface area contributed by atoms with Gasteiger partial charge in [0.25, 0.3) is 5.91 Å². The molecular formula is C20H25F3N6O. The number of piperidine rings is 1. The van der Waals surface area contributed by atoms with E-state index in [1.54, 1.807) is 17.9 Å². The van der Waals surface area contributed by atoms with Crippen LogP contribution in [0.25, 0.3) is 0 Å². The van der Waals surface area contributed by atoms with Gasteiger partial charge in [-0.1, -0.05) is 6.92 Å². The number of hydrogen-bond donors (Lipinski definition) is 1. The number of carbonyl (C=O) groups is 1. The van der Waals surface area contributed by atoms with Gasteiger partial charge in [0.15, 0.2) is 6.04 Å². The van der Waals surface area contributed by atoms with Gasteiger partial charge in [0.05, 0.1) is 23.6 Å². The molecule has 0 bridgehead atoms. The highest BCUT2D eigenvalue weighted by atomic mass is 19.4. The van der Waals surface area contributed by atoms with Crippen molar-refractivity contribution in [3.05, 3.63) is 35.5 Å². The number of carbonyl (C=O) groups excluding carboxylic acids is 1. The van der Waals surface area contributed by atoms with E-state index in [1.165, 1.54) is 12.4 Å². The average Bonchev–Trinajstić information content (AvgIpc) is 3.16. The summed E-state index contributed by atoms with van der Waals surface area (Å²) < 4.78 is 42.1. The third-order valence-corrected chi connectivity index (χ3v) is 5.89. The van der Waals surface area contributed by atoms with Crippen LogP contribution in [-0.4, -0.2) is 49.3 Å². The molecule has 10 heteroatoms. The molecule has 0 unspecified atom stereocenters. The van der Waals surface area contributed by atoms with Gasteiger partial charge in [0.1, 0.15) is 11.5 Å². The topological polar surface area (TPSA) is 75.9 Å². The fourth-order valence-electron chi connectivity index (χ4n) is 4.23. The fourth-order valence-corrected chi connectivity index (χ4v) is 4.23. The highest BCUT2D eigenvalue weighted by Gasteiger charge is 2.46. The molecule has 0 aliphatic carbocycles. The monoisotopic (exact) mass is 422 g/mol. The maximum Gasteiger partial charge on any atom is 0.410 e. The maximum absolute atomic E-state index is 13.7. The number of hydrogen-bond acceptors (Lipinski definition) is 5. The van der Waals surface area contributed by atoms with Crippen LogP contribution in [0, 0.1) is 6.92 Å². The Labute approximate surface area is 172 Å². The molecule has 2 aromatic rings. The maximum atomic E-state index is 13.7. The Bertz CT molecular complexity index is 910. The molecule has 0 saturated carbocycles. The van der Waals surface area contributed by atoms with Crippen LogP contribution in [0.2, 0.25) is 0 Å². The lowest BCUT2D eigenvalue weighted by molar-refractivity contribution is -0.173. The summed E-state index contributed by atoms with van der Waals surface area (Å²) >= 11 is 0. The van der Waals surface area contributed by atoms with Crippen LogP contribution in [0.15, 0.2) is 18.5 Å². The van der Waals surface area contributed by atoms with Crippen molar-refractivity contribution in [3.8, 4) is 0 Å². The smallest absolute Gasteiger partial charge is 0.367 e. The molecular weight excluding hydrogens is 397 g/mol. The zero-order valence-electron chi connectivity index (χ0n) is 17.0. The van der Waals surface area contributed by atoms with Gasteiger partial charge >= 0.3 is 6.18 Å². The highest BCUT2D eigenvalue weighted by molar-refractivity contribution is 5.92. The lowest BCUT2D eigenvalue weighted by atomic mass is 9.98. The second kappa shape index (κ2) is 7.88. The lowest BCUT2D eigenvalue weighted by Crippen LogP contribution is -2.40. The van der Waals surface area contributed by atoms with Crippen LogP contribution in [0.3, 0.4) is 0 Å². The zero-order chi connectivity index (χ0) is 21.5. The molecule has 162 valence electrons. The van der Waals surface area contributed by atoms with Gasteiger partial charge in [-0.05, 0) is 39.0 Å². The SMILES string of the molecule is CC[C@@H]1C[C@H](C(F)(F)F)n2nc([C@@H]3CCCCN3C(=O)c3cnc(C)cn3)cc2N1. The molecule has 4 heterocycles.